The lowest BCUT2D eigenvalue weighted by Crippen LogP contribution is -2.45. The number of fused-ring (bicyclic) bond motifs is 2. The van der Waals surface area contributed by atoms with E-state index in [0.717, 1.165) is 25.0 Å². The monoisotopic (exact) mass is 477 g/mol. The number of carbonyl (C=O) groups is 1. The summed E-state index contributed by atoms with van der Waals surface area (Å²) in [4.78, 5) is 35.8. The molecule has 4 aliphatic rings. The van der Waals surface area contributed by atoms with Gasteiger partial charge in [-0.3, -0.25) is 14.0 Å². The summed E-state index contributed by atoms with van der Waals surface area (Å²) in [5, 5.41) is 2.79. The summed E-state index contributed by atoms with van der Waals surface area (Å²) in [6.07, 6.45) is 8.01. The Morgan fingerprint density at radius 2 is 1.97 bits per heavy atom. The highest BCUT2D eigenvalue weighted by molar-refractivity contribution is 6.05. The Morgan fingerprint density at radius 3 is 2.60 bits per heavy atom. The van der Waals surface area contributed by atoms with Crippen molar-refractivity contribution in [3.8, 4) is 5.88 Å². The first kappa shape index (κ1) is 22.3. The van der Waals surface area contributed by atoms with Crippen LogP contribution in [0.4, 0.5) is 5.69 Å². The summed E-state index contributed by atoms with van der Waals surface area (Å²) < 4.78 is 15.3. The van der Waals surface area contributed by atoms with E-state index >= 15 is 0 Å². The lowest BCUT2D eigenvalue weighted by atomic mass is 9.62. The van der Waals surface area contributed by atoms with E-state index in [1.165, 1.54) is 0 Å². The van der Waals surface area contributed by atoms with Gasteiger partial charge in [-0.25, -0.2) is 4.98 Å². The molecule has 2 aliphatic carbocycles. The van der Waals surface area contributed by atoms with Crippen LogP contribution < -0.4 is 15.6 Å². The second kappa shape index (κ2) is 7.16. The van der Waals surface area contributed by atoms with Crippen molar-refractivity contribution in [1.82, 2.24) is 18.9 Å². The van der Waals surface area contributed by atoms with E-state index in [1.807, 2.05) is 20.0 Å². The van der Waals surface area contributed by atoms with E-state index in [1.54, 1.807) is 33.5 Å². The maximum absolute atomic E-state index is 13.4. The number of pyridine rings is 1. The number of hydrogen-bond acceptors (Lipinski definition) is 6. The minimum atomic E-state index is -0.450. The summed E-state index contributed by atoms with van der Waals surface area (Å²) in [7, 11) is 0. The summed E-state index contributed by atoms with van der Waals surface area (Å²) in [5.41, 5.74) is 1.13. The first-order chi connectivity index (χ1) is 16.5. The molecule has 35 heavy (non-hydrogen) atoms. The highest BCUT2D eigenvalue weighted by atomic mass is 16.5. The van der Waals surface area contributed by atoms with E-state index in [4.69, 9.17) is 14.5 Å². The van der Waals surface area contributed by atoms with Crippen molar-refractivity contribution < 1.29 is 14.3 Å². The molecule has 0 radical (unpaired) electrons. The molecule has 0 spiro atoms. The molecule has 7 rings (SSSR count). The van der Waals surface area contributed by atoms with Gasteiger partial charge in [0, 0.05) is 30.0 Å². The normalized spacial score (nSPS) is 28.2. The molecular weight excluding hydrogens is 446 g/mol. The minimum Gasteiger partial charge on any atom is -0.474 e. The third-order valence-corrected chi connectivity index (χ3v) is 7.69. The Balaban J connectivity index is 1.34. The Labute approximate surface area is 203 Å². The molecule has 1 amide bonds. The SMILES string of the molecule is CC(C)Oc1nc2nc(C34COC(C)(C3)C4)cn2cc1C(=O)Nc1cccn([C@H]2CC2(C)C)c1=O. The van der Waals surface area contributed by atoms with Gasteiger partial charge in [-0.2, -0.15) is 4.98 Å². The van der Waals surface area contributed by atoms with Crippen LogP contribution in [0.25, 0.3) is 5.78 Å². The lowest BCUT2D eigenvalue weighted by molar-refractivity contribution is 0.0154. The quantitative estimate of drug-likeness (QED) is 0.581. The highest BCUT2D eigenvalue weighted by Crippen LogP contribution is 2.58. The molecular formula is C26H31N5O4. The fourth-order valence-corrected chi connectivity index (χ4v) is 5.74. The highest BCUT2D eigenvalue weighted by Gasteiger charge is 2.61. The molecule has 2 saturated carbocycles. The lowest BCUT2D eigenvalue weighted by Gasteiger charge is -2.41. The fraction of sp³-hybridized carbons (Fsp3) is 0.538. The van der Waals surface area contributed by atoms with E-state index < -0.39 is 5.91 Å². The Bertz CT molecular complexity index is 1410. The standard InChI is InChI=1S/C26H31N5O4/c1-15(2)35-21-16(20(32)27-17-7-6-8-31(22(17)33)19-9-24(19,3)4)10-30-11-18(28-23(30)29-21)26-12-25(5,13-26)34-14-26/h6-8,10-11,15,19H,9,12-14H2,1-5H3,(H,27,32)/t19-,25?,26?/m0/s1. The Hall–Kier alpha value is -3.20. The number of nitrogens with one attached hydrogen (secondary N) is 1. The molecule has 2 aliphatic heterocycles. The van der Waals surface area contributed by atoms with Crippen LogP contribution in [-0.2, 0) is 10.2 Å². The average molecular weight is 478 g/mol. The molecule has 3 aromatic rings. The van der Waals surface area contributed by atoms with E-state index in [0.29, 0.717) is 12.4 Å². The Morgan fingerprint density at radius 1 is 1.23 bits per heavy atom. The Kier molecular flexibility index (Phi) is 4.56. The smallest absolute Gasteiger partial charge is 0.274 e. The molecule has 9 heteroatoms. The van der Waals surface area contributed by atoms with Gasteiger partial charge in [0.1, 0.15) is 11.3 Å². The van der Waals surface area contributed by atoms with Crippen LogP contribution in [-0.4, -0.2) is 43.2 Å². The van der Waals surface area contributed by atoms with Crippen LogP contribution in [0, 0.1) is 5.41 Å². The van der Waals surface area contributed by atoms with Crippen molar-refractivity contribution in [3.05, 3.63) is 52.3 Å². The van der Waals surface area contributed by atoms with Gasteiger partial charge in [-0.1, -0.05) is 13.8 Å². The second-order valence-corrected chi connectivity index (χ2v) is 11.6. The molecule has 4 fully saturated rings. The number of ether oxygens (including phenoxy) is 2. The summed E-state index contributed by atoms with van der Waals surface area (Å²) in [6.45, 7) is 10.8. The molecule has 2 saturated heterocycles. The first-order valence-corrected chi connectivity index (χ1v) is 12.2. The number of amides is 1. The van der Waals surface area contributed by atoms with Gasteiger partial charge in [-0.15, -0.1) is 0 Å². The number of aromatic nitrogens is 4. The van der Waals surface area contributed by atoms with E-state index in [-0.39, 0.29) is 51.3 Å². The van der Waals surface area contributed by atoms with Crippen molar-refractivity contribution in [3.63, 3.8) is 0 Å². The molecule has 5 heterocycles. The first-order valence-electron chi connectivity index (χ1n) is 12.2. The average Bonchev–Trinajstić information content (AvgIpc) is 3.11. The third-order valence-electron chi connectivity index (χ3n) is 7.69. The van der Waals surface area contributed by atoms with Gasteiger partial charge < -0.3 is 19.4 Å². The minimum absolute atomic E-state index is 0.0571. The molecule has 9 nitrogen and oxygen atoms in total. The molecule has 1 atom stereocenters. The fourth-order valence-electron chi connectivity index (χ4n) is 5.74. The zero-order chi connectivity index (χ0) is 24.8. The van der Waals surface area contributed by atoms with Crippen molar-refractivity contribution in [2.24, 2.45) is 5.41 Å². The summed E-state index contributed by atoms with van der Waals surface area (Å²) >= 11 is 0. The van der Waals surface area contributed by atoms with Crippen molar-refractivity contribution in [1.29, 1.82) is 0 Å². The molecule has 1 N–H and O–H groups in total. The number of imidazole rings is 1. The number of hydrogen-bond donors (Lipinski definition) is 1. The van der Waals surface area contributed by atoms with Crippen LogP contribution >= 0.6 is 0 Å². The molecule has 0 aromatic carbocycles. The van der Waals surface area contributed by atoms with Crippen LogP contribution in [0.15, 0.2) is 35.5 Å². The van der Waals surface area contributed by atoms with Crippen LogP contribution in [0.2, 0.25) is 0 Å². The zero-order valence-electron chi connectivity index (χ0n) is 20.8. The van der Waals surface area contributed by atoms with Crippen LogP contribution in [0.1, 0.15) is 76.0 Å². The molecule has 0 unspecified atom stereocenters. The van der Waals surface area contributed by atoms with Gasteiger partial charge in [-0.05, 0) is 57.6 Å². The molecule has 3 aromatic heterocycles. The summed E-state index contributed by atoms with van der Waals surface area (Å²) in [6, 6.07) is 3.56. The van der Waals surface area contributed by atoms with E-state index in [9.17, 15) is 9.59 Å². The van der Waals surface area contributed by atoms with Gasteiger partial charge in [0.15, 0.2) is 0 Å². The number of carbonyl (C=O) groups excluding carboxylic acids is 1. The third kappa shape index (κ3) is 3.55. The maximum atomic E-state index is 13.4. The second-order valence-electron chi connectivity index (χ2n) is 11.6. The van der Waals surface area contributed by atoms with E-state index in [2.05, 4.69) is 31.1 Å². The largest absolute Gasteiger partial charge is 0.474 e. The van der Waals surface area contributed by atoms with Crippen molar-refractivity contribution >= 4 is 17.4 Å². The van der Waals surface area contributed by atoms with Crippen LogP contribution in [0.5, 0.6) is 5.88 Å². The van der Waals surface area contributed by atoms with Gasteiger partial charge in [0.2, 0.25) is 11.7 Å². The van der Waals surface area contributed by atoms with Crippen LogP contribution in [0.3, 0.4) is 0 Å². The number of rotatable bonds is 6. The van der Waals surface area contributed by atoms with Gasteiger partial charge in [0.25, 0.3) is 11.5 Å². The van der Waals surface area contributed by atoms with Crippen molar-refractivity contribution in [2.45, 2.75) is 77.0 Å². The predicted molar refractivity (Wildman–Crippen MR) is 130 cm³/mol. The van der Waals surface area contributed by atoms with Gasteiger partial charge >= 0.3 is 0 Å². The molecule has 184 valence electrons. The zero-order valence-corrected chi connectivity index (χ0v) is 20.8. The van der Waals surface area contributed by atoms with Gasteiger partial charge in [0.05, 0.1) is 24.0 Å². The number of anilines is 1. The van der Waals surface area contributed by atoms with Crippen molar-refractivity contribution in [2.75, 3.05) is 11.9 Å². The maximum Gasteiger partial charge on any atom is 0.274 e. The predicted octanol–water partition coefficient (Wildman–Crippen LogP) is 3.72. The molecule has 2 bridgehead atoms. The summed E-state index contributed by atoms with van der Waals surface area (Å²) in [5.74, 6) is 0.217. The number of nitrogens with zero attached hydrogens (tertiary/aromatic N) is 4. The topological polar surface area (TPSA) is 99.8 Å².